The smallest absolute Gasteiger partial charge is 0.341 e. The molecule has 1 aliphatic carbocycles. The van der Waals surface area contributed by atoms with Gasteiger partial charge in [0, 0.05) is 36.8 Å². The molecular weight excluding hydrogens is 493 g/mol. The summed E-state index contributed by atoms with van der Waals surface area (Å²) in [4.78, 5) is 31.6. The van der Waals surface area contributed by atoms with Gasteiger partial charge in [-0.2, -0.15) is 4.39 Å². The van der Waals surface area contributed by atoms with E-state index < -0.39 is 18.5 Å². The Morgan fingerprint density at radius 2 is 1.84 bits per heavy atom. The van der Waals surface area contributed by atoms with E-state index in [-0.39, 0.29) is 29.6 Å². The topological polar surface area (TPSA) is 120 Å². The van der Waals surface area contributed by atoms with Gasteiger partial charge in [-0.3, -0.25) is 9.78 Å². The number of hydrogen-bond donors (Lipinski definition) is 2. The number of ether oxygens (including phenoxy) is 3. The van der Waals surface area contributed by atoms with Gasteiger partial charge in [0.1, 0.15) is 0 Å². The summed E-state index contributed by atoms with van der Waals surface area (Å²) >= 11 is 0. The largest absolute Gasteiger partial charge is 0.493 e. The molecule has 1 aromatic carbocycles. The van der Waals surface area contributed by atoms with E-state index >= 15 is 0 Å². The van der Waals surface area contributed by atoms with E-state index in [4.69, 9.17) is 19.3 Å². The fourth-order valence-electron chi connectivity index (χ4n) is 4.23. The summed E-state index contributed by atoms with van der Waals surface area (Å²) in [5.74, 6) is -1.28. The summed E-state index contributed by atoms with van der Waals surface area (Å²) in [6.45, 7) is 1.64. The highest BCUT2D eigenvalue weighted by atomic mass is 19.1. The van der Waals surface area contributed by atoms with Crippen LogP contribution in [0.3, 0.4) is 0 Å². The van der Waals surface area contributed by atoms with Crippen molar-refractivity contribution in [1.82, 2.24) is 15.3 Å². The number of amides is 1. The molecule has 0 radical (unpaired) electrons. The highest BCUT2D eigenvalue weighted by molar-refractivity contribution is 6.08. The number of hydrogen-bond acceptors (Lipinski definition) is 7. The van der Waals surface area contributed by atoms with E-state index in [1.807, 2.05) is 19.1 Å². The molecule has 38 heavy (non-hydrogen) atoms. The van der Waals surface area contributed by atoms with Gasteiger partial charge < -0.3 is 24.6 Å². The Bertz CT molecular complexity index is 1410. The van der Waals surface area contributed by atoms with E-state index in [1.54, 1.807) is 30.6 Å². The monoisotopic (exact) mass is 519 g/mol. The molecular formula is C28H26FN3O6. The number of methoxy groups -OCH3 is 2. The number of benzene rings is 1. The number of carbonyl (C=O) groups excluding carboxylic acids is 1. The molecule has 0 spiro atoms. The number of carboxylic acids is 1. The molecule has 0 atom stereocenters. The fraction of sp³-hybridized carbons (Fsp3) is 0.214. The maximum atomic E-state index is 14.2. The van der Waals surface area contributed by atoms with E-state index in [0.29, 0.717) is 28.8 Å². The van der Waals surface area contributed by atoms with Crippen molar-refractivity contribution in [2.24, 2.45) is 0 Å². The molecule has 9 nitrogen and oxygen atoms in total. The number of halogens is 1. The molecule has 0 unspecified atom stereocenters. The van der Waals surface area contributed by atoms with Crippen molar-refractivity contribution in [3.8, 4) is 17.2 Å². The quantitative estimate of drug-likeness (QED) is 0.384. The van der Waals surface area contributed by atoms with E-state index in [9.17, 15) is 14.0 Å². The number of nitrogens with zero attached hydrogens (tertiary/aromatic N) is 2. The van der Waals surface area contributed by atoms with Crippen LogP contribution in [0.4, 0.5) is 4.39 Å². The second-order valence-corrected chi connectivity index (χ2v) is 8.47. The second kappa shape index (κ2) is 11.5. The Kier molecular flexibility index (Phi) is 8.00. The first-order valence-corrected chi connectivity index (χ1v) is 11.6. The molecule has 1 amide bonds. The summed E-state index contributed by atoms with van der Waals surface area (Å²) in [5, 5.41) is 11.9. The second-order valence-electron chi connectivity index (χ2n) is 8.47. The lowest BCUT2D eigenvalue weighted by molar-refractivity contribution is -0.139. The minimum absolute atomic E-state index is 0.0817. The van der Waals surface area contributed by atoms with Crippen LogP contribution in [0.5, 0.6) is 17.2 Å². The van der Waals surface area contributed by atoms with Crippen molar-refractivity contribution >= 4 is 29.1 Å². The maximum absolute atomic E-state index is 14.2. The molecule has 0 bridgehead atoms. The molecule has 0 saturated heterocycles. The van der Waals surface area contributed by atoms with Gasteiger partial charge in [0.05, 0.1) is 20.6 Å². The van der Waals surface area contributed by atoms with Crippen LogP contribution in [0.15, 0.2) is 54.5 Å². The Morgan fingerprint density at radius 3 is 2.47 bits per heavy atom. The fourth-order valence-corrected chi connectivity index (χ4v) is 4.23. The minimum atomic E-state index is -1.14. The molecule has 2 aromatic heterocycles. The standard InChI is InChI=1S/C28H26FN3O6/c1-16-19(7-18-8-23(36-2)28(24(9-18)37-3)38-15-27(34)35)21-10-25(29)31-14-22(21)20(16)11-26(33)32-13-17-5-4-6-30-12-17/h4-10,12,14H,11,13,15H2,1-3H3,(H,32,33)(H,34,35). The predicted molar refractivity (Wildman–Crippen MR) is 138 cm³/mol. The van der Waals surface area contributed by atoms with Crippen molar-refractivity contribution in [2.75, 3.05) is 20.8 Å². The maximum Gasteiger partial charge on any atom is 0.341 e. The van der Waals surface area contributed by atoms with E-state index in [1.165, 1.54) is 26.5 Å². The van der Waals surface area contributed by atoms with Crippen LogP contribution in [0, 0.1) is 5.95 Å². The molecule has 0 aliphatic heterocycles. The summed E-state index contributed by atoms with van der Waals surface area (Å²) in [5.41, 5.74) is 5.04. The summed E-state index contributed by atoms with van der Waals surface area (Å²) < 4.78 is 30.4. The van der Waals surface area contributed by atoms with Crippen LogP contribution in [0.2, 0.25) is 0 Å². The van der Waals surface area contributed by atoms with Crippen molar-refractivity contribution in [3.63, 3.8) is 0 Å². The number of rotatable bonds is 10. The lowest BCUT2D eigenvalue weighted by Crippen LogP contribution is -2.22. The van der Waals surface area contributed by atoms with Crippen molar-refractivity contribution in [3.05, 3.63) is 82.7 Å². The third kappa shape index (κ3) is 5.80. The van der Waals surface area contributed by atoms with Gasteiger partial charge >= 0.3 is 5.97 Å². The van der Waals surface area contributed by atoms with Crippen molar-refractivity contribution in [1.29, 1.82) is 0 Å². The molecule has 2 N–H and O–H groups in total. The molecule has 196 valence electrons. The van der Waals surface area contributed by atoms with E-state index in [0.717, 1.165) is 16.7 Å². The molecule has 10 heteroatoms. The molecule has 0 saturated carbocycles. The average molecular weight is 520 g/mol. The summed E-state index contributed by atoms with van der Waals surface area (Å²) in [6.07, 6.45) is 6.68. The SMILES string of the molecule is COc1cc(C=C2C(C)=C(CC(=O)NCc3cccnc3)c3cnc(F)cc32)cc(OC)c1OCC(=O)O. The first-order chi connectivity index (χ1) is 18.3. The summed E-state index contributed by atoms with van der Waals surface area (Å²) in [7, 11) is 2.86. The Morgan fingerprint density at radius 1 is 1.11 bits per heavy atom. The van der Waals surface area contributed by atoms with E-state index in [2.05, 4.69) is 15.3 Å². The lowest BCUT2D eigenvalue weighted by Gasteiger charge is -2.15. The summed E-state index contributed by atoms with van der Waals surface area (Å²) in [6, 6.07) is 8.33. The van der Waals surface area contributed by atoms with Gasteiger partial charge in [-0.15, -0.1) is 0 Å². The average Bonchev–Trinajstić information content (AvgIpc) is 3.16. The highest BCUT2D eigenvalue weighted by Crippen LogP contribution is 2.45. The zero-order valence-corrected chi connectivity index (χ0v) is 21.1. The van der Waals surface area contributed by atoms with Gasteiger partial charge in [-0.25, -0.2) is 9.78 Å². The Hall–Kier alpha value is -4.73. The third-order valence-electron chi connectivity index (χ3n) is 6.03. The molecule has 4 rings (SSSR count). The minimum Gasteiger partial charge on any atom is -0.493 e. The first kappa shape index (κ1) is 26.3. The van der Waals surface area contributed by atoms with Gasteiger partial charge in [0.25, 0.3) is 0 Å². The Labute approximate surface area is 218 Å². The van der Waals surface area contributed by atoms with Crippen LogP contribution >= 0.6 is 0 Å². The predicted octanol–water partition coefficient (Wildman–Crippen LogP) is 4.13. The Balaban J connectivity index is 1.68. The van der Waals surface area contributed by atoms with Crippen LogP contribution in [0.1, 0.15) is 35.6 Å². The van der Waals surface area contributed by atoms with Crippen molar-refractivity contribution in [2.45, 2.75) is 19.9 Å². The third-order valence-corrected chi connectivity index (χ3v) is 6.03. The number of carbonyl (C=O) groups is 2. The van der Waals surface area contributed by atoms with Crippen LogP contribution in [-0.4, -0.2) is 47.8 Å². The lowest BCUT2D eigenvalue weighted by atomic mass is 10.0. The highest BCUT2D eigenvalue weighted by Gasteiger charge is 2.27. The number of aromatic nitrogens is 2. The zero-order valence-electron chi connectivity index (χ0n) is 21.1. The number of allylic oxidation sites excluding steroid dienone is 2. The number of aliphatic carboxylic acids is 1. The number of carboxylic acid groups (broad SMARTS) is 1. The van der Waals surface area contributed by atoms with Crippen LogP contribution in [0.25, 0.3) is 17.2 Å². The van der Waals surface area contributed by atoms with Gasteiger partial charge in [0.2, 0.25) is 17.6 Å². The number of nitrogens with one attached hydrogen (secondary N) is 1. The number of fused-ring (bicyclic) bond motifs is 1. The normalized spacial score (nSPS) is 13.3. The van der Waals surface area contributed by atoms with Crippen molar-refractivity contribution < 1.29 is 33.3 Å². The van der Waals surface area contributed by atoms with Gasteiger partial charge in [0.15, 0.2) is 18.1 Å². The van der Waals surface area contributed by atoms with Crippen LogP contribution in [-0.2, 0) is 16.1 Å². The molecule has 3 aromatic rings. The first-order valence-electron chi connectivity index (χ1n) is 11.6. The molecule has 2 heterocycles. The number of pyridine rings is 2. The van der Waals surface area contributed by atoms with Gasteiger partial charge in [-0.05, 0) is 64.6 Å². The molecule has 1 aliphatic rings. The molecule has 0 fully saturated rings. The zero-order chi connectivity index (χ0) is 27.2. The van der Waals surface area contributed by atoms with Crippen LogP contribution < -0.4 is 19.5 Å². The van der Waals surface area contributed by atoms with Gasteiger partial charge in [-0.1, -0.05) is 6.07 Å².